The smallest absolute Gasteiger partial charge is 0.222 e. The van der Waals surface area contributed by atoms with Crippen LogP contribution in [0.25, 0.3) is 0 Å². The molecule has 1 atom stereocenters. The van der Waals surface area contributed by atoms with Crippen LogP contribution in [0.5, 0.6) is 0 Å². The van der Waals surface area contributed by atoms with Crippen molar-refractivity contribution in [3.05, 3.63) is 45.2 Å². The second-order valence-corrected chi connectivity index (χ2v) is 6.88. The molecule has 0 fully saturated rings. The molecular weight excluding hydrogens is 365 g/mol. The Morgan fingerprint density at radius 3 is 2.67 bits per heavy atom. The van der Waals surface area contributed by atoms with Gasteiger partial charge in [0, 0.05) is 10.0 Å². The fourth-order valence-corrected chi connectivity index (χ4v) is 3.58. The van der Waals surface area contributed by atoms with Gasteiger partial charge in [-0.1, -0.05) is 36.2 Å². The quantitative estimate of drug-likeness (QED) is 0.687. The molecule has 2 aromatic rings. The maximum Gasteiger partial charge on any atom is 0.222 e. The van der Waals surface area contributed by atoms with Gasteiger partial charge in [-0.2, -0.15) is 10.2 Å². The third-order valence-electron chi connectivity index (χ3n) is 4.07. The molecule has 0 amide bonds. The number of thiocarbonyl (C=S) groups is 1. The van der Waals surface area contributed by atoms with Gasteiger partial charge in [0.1, 0.15) is 6.17 Å². The number of anilines is 1. The van der Waals surface area contributed by atoms with E-state index in [0.29, 0.717) is 21.7 Å². The van der Waals surface area contributed by atoms with Crippen molar-refractivity contribution in [2.24, 2.45) is 10.2 Å². The first-order valence-electron chi connectivity index (χ1n) is 7.64. The number of aryl methyl sites for hydroxylation is 1. The standard InChI is InChI=1S/C16H17Cl2N5S/c1-4-14-19-20-16(24)23(14)15-9(2)21-22(10(15)3)8-11-5-6-12(17)7-13(11)18/h5-7,14H,4,8H2,1-3H3. The Balaban J connectivity index is 1.96. The van der Waals surface area contributed by atoms with Gasteiger partial charge in [0.15, 0.2) is 0 Å². The molecule has 1 aliphatic rings. The Bertz CT molecular complexity index is 830. The van der Waals surface area contributed by atoms with Crippen molar-refractivity contribution < 1.29 is 0 Å². The Labute approximate surface area is 156 Å². The van der Waals surface area contributed by atoms with Crippen molar-refractivity contribution in [1.29, 1.82) is 0 Å². The number of hydrogen-bond acceptors (Lipinski definition) is 3. The molecule has 0 spiro atoms. The second-order valence-electron chi connectivity index (χ2n) is 5.67. The second kappa shape index (κ2) is 6.78. The summed E-state index contributed by atoms with van der Waals surface area (Å²) >= 11 is 17.6. The van der Waals surface area contributed by atoms with Gasteiger partial charge in [0.05, 0.1) is 23.6 Å². The number of rotatable bonds is 4. The third-order valence-corrected chi connectivity index (χ3v) is 4.93. The lowest BCUT2D eigenvalue weighted by molar-refractivity contribution is 0.656. The summed E-state index contributed by atoms with van der Waals surface area (Å²) in [4.78, 5) is 1.98. The monoisotopic (exact) mass is 381 g/mol. The van der Waals surface area contributed by atoms with E-state index in [1.54, 1.807) is 6.07 Å². The molecule has 0 saturated carbocycles. The zero-order chi connectivity index (χ0) is 17.4. The topological polar surface area (TPSA) is 45.8 Å². The highest BCUT2D eigenvalue weighted by molar-refractivity contribution is 7.80. The van der Waals surface area contributed by atoms with Gasteiger partial charge >= 0.3 is 0 Å². The molecule has 2 heterocycles. The van der Waals surface area contributed by atoms with Gasteiger partial charge in [-0.15, -0.1) is 5.11 Å². The Morgan fingerprint density at radius 1 is 1.25 bits per heavy atom. The summed E-state index contributed by atoms with van der Waals surface area (Å²) in [5.74, 6) is 0. The molecule has 1 aromatic carbocycles. The largest absolute Gasteiger partial charge is 0.287 e. The zero-order valence-electron chi connectivity index (χ0n) is 13.6. The molecule has 1 aromatic heterocycles. The van der Waals surface area contributed by atoms with Gasteiger partial charge < -0.3 is 0 Å². The van der Waals surface area contributed by atoms with E-state index in [0.717, 1.165) is 29.1 Å². The maximum atomic E-state index is 6.29. The number of halogens is 2. The predicted octanol–water partition coefficient (Wildman–Crippen LogP) is 5.15. The normalized spacial score (nSPS) is 17.1. The molecule has 0 bridgehead atoms. The predicted molar refractivity (Wildman–Crippen MR) is 101 cm³/mol. The van der Waals surface area contributed by atoms with Crippen LogP contribution in [0.4, 0.5) is 5.69 Å². The highest BCUT2D eigenvalue weighted by Gasteiger charge is 2.31. The Kier molecular flexibility index (Phi) is 4.90. The van der Waals surface area contributed by atoms with E-state index < -0.39 is 0 Å². The van der Waals surface area contributed by atoms with E-state index in [-0.39, 0.29) is 6.17 Å². The molecule has 1 aliphatic heterocycles. The van der Waals surface area contributed by atoms with Crippen LogP contribution in [-0.4, -0.2) is 21.1 Å². The van der Waals surface area contributed by atoms with E-state index in [9.17, 15) is 0 Å². The first kappa shape index (κ1) is 17.3. The summed E-state index contributed by atoms with van der Waals surface area (Å²) in [5.41, 5.74) is 3.84. The van der Waals surface area contributed by atoms with Gasteiger partial charge in [-0.3, -0.25) is 9.58 Å². The van der Waals surface area contributed by atoms with Crippen LogP contribution in [0.2, 0.25) is 10.0 Å². The van der Waals surface area contributed by atoms with Gasteiger partial charge in [0.2, 0.25) is 5.11 Å². The van der Waals surface area contributed by atoms with Crippen molar-refractivity contribution in [2.45, 2.75) is 39.9 Å². The average molecular weight is 382 g/mol. The van der Waals surface area contributed by atoms with Crippen molar-refractivity contribution in [2.75, 3.05) is 4.90 Å². The number of azo groups is 1. The lowest BCUT2D eigenvalue weighted by atomic mass is 10.2. The Morgan fingerprint density at radius 2 is 2.00 bits per heavy atom. The summed E-state index contributed by atoms with van der Waals surface area (Å²) in [5, 5.41) is 14.7. The maximum absolute atomic E-state index is 6.29. The SMILES string of the molecule is CCC1N=NC(=S)N1c1c(C)nn(Cc2ccc(Cl)cc2Cl)c1C. The minimum atomic E-state index is -0.0633. The lowest BCUT2D eigenvalue weighted by Gasteiger charge is -2.22. The molecule has 0 radical (unpaired) electrons. The molecule has 126 valence electrons. The fourth-order valence-electron chi connectivity index (χ4n) is 2.85. The molecule has 24 heavy (non-hydrogen) atoms. The van der Waals surface area contributed by atoms with Crippen molar-refractivity contribution in [1.82, 2.24) is 9.78 Å². The van der Waals surface area contributed by atoms with Crippen LogP contribution < -0.4 is 4.90 Å². The van der Waals surface area contributed by atoms with Gasteiger partial charge in [-0.25, -0.2) is 0 Å². The summed E-state index contributed by atoms with van der Waals surface area (Å²) in [6, 6.07) is 5.49. The zero-order valence-corrected chi connectivity index (χ0v) is 16.0. The fraction of sp³-hybridized carbons (Fsp3) is 0.375. The first-order chi connectivity index (χ1) is 11.4. The van der Waals surface area contributed by atoms with E-state index in [2.05, 4.69) is 22.3 Å². The summed E-state index contributed by atoms with van der Waals surface area (Å²) in [7, 11) is 0. The van der Waals surface area contributed by atoms with Gasteiger partial charge in [-0.05, 0) is 50.2 Å². The number of nitrogens with zero attached hydrogens (tertiary/aromatic N) is 5. The van der Waals surface area contributed by atoms with Gasteiger partial charge in [0.25, 0.3) is 0 Å². The van der Waals surface area contributed by atoms with Crippen molar-refractivity contribution in [3.63, 3.8) is 0 Å². The molecule has 0 N–H and O–H groups in total. The van der Waals surface area contributed by atoms with Crippen LogP contribution in [-0.2, 0) is 6.54 Å². The molecule has 0 aliphatic carbocycles. The summed E-state index contributed by atoms with van der Waals surface area (Å²) in [6.45, 7) is 6.62. The molecule has 8 heteroatoms. The lowest BCUT2D eigenvalue weighted by Crippen LogP contribution is -2.33. The molecular formula is C16H17Cl2N5S. The van der Waals surface area contributed by atoms with E-state index in [4.69, 9.17) is 35.4 Å². The minimum Gasteiger partial charge on any atom is -0.287 e. The van der Waals surface area contributed by atoms with E-state index in [1.807, 2.05) is 35.6 Å². The minimum absolute atomic E-state index is 0.0633. The van der Waals surface area contributed by atoms with Crippen molar-refractivity contribution in [3.8, 4) is 0 Å². The highest BCUT2D eigenvalue weighted by atomic mass is 35.5. The van der Waals surface area contributed by atoms with E-state index in [1.165, 1.54) is 0 Å². The molecule has 3 rings (SSSR count). The molecule has 0 saturated heterocycles. The molecule has 1 unspecified atom stereocenters. The third kappa shape index (κ3) is 3.06. The average Bonchev–Trinajstić information content (AvgIpc) is 3.02. The molecule has 5 nitrogen and oxygen atoms in total. The highest BCUT2D eigenvalue weighted by Crippen LogP contribution is 2.32. The van der Waals surface area contributed by atoms with Crippen molar-refractivity contribution >= 4 is 46.2 Å². The Hall–Kier alpha value is -1.50. The first-order valence-corrected chi connectivity index (χ1v) is 8.80. The number of hydrogen-bond donors (Lipinski definition) is 0. The number of aromatic nitrogens is 2. The van der Waals surface area contributed by atoms with Crippen LogP contribution in [0, 0.1) is 13.8 Å². The summed E-state index contributed by atoms with van der Waals surface area (Å²) < 4.78 is 1.92. The van der Waals surface area contributed by atoms with Crippen LogP contribution in [0.3, 0.4) is 0 Å². The van der Waals surface area contributed by atoms with Crippen LogP contribution in [0.1, 0.15) is 30.3 Å². The van der Waals surface area contributed by atoms with Crippen LogP contribution in [0.15, 0.2) is 28.4 Å². The van der Waals surface area contributed by atoms with Crippen LogP contribution >= 0.6 is 35.4 Å². The van der Waals surface area contributed by atoms with E-state index >= 15 is 0 Å². The summed E-state index contributed by atoms with van der Waals surface area (Å²) in [6.07, 6.45) is 0.767. The number of benzene rings is 1.